The predicted octanol–water partition coefficient (Wildman–Crippen LogP) is 4.10. The molecule has 5 rings (SSSR count). The zero-order valence-corrected chi connectivity index (χ0v) is 22.9. The van der Waals surface area contributed by atoms with Crippen molar-refractivity contribution < 1.29 is 9.59 Å². The third kappa shape index (κ3) is 5.34. The lowest BCUT2D eigenvalue weighted by atomic mass is 9.68. The highest BCUT2D eigenvalue weighted by Crippen LogP contribution is 2.41. The van der Waals surface area contributed by atoms with Crippen LogP contribution in [0.15, 0.2) is 48.5 Å². The van der Waals surface area contributed by atoms with Crippen molar-refractivity contribution in [2.45, 2.75) is 43.7 Å². The highest BCUT2D eigenvalue weighted by atomic mass is 35.5. The molecule has 1 aromatic heterocycles. The normalized spacial score (nSPS) is 20.9. The molecular formula is C26H31Cl3N6O2. The quantitative estimate of drug-likeness (QED) is 0.485. The van der Waals surface area contributed by atoms with Gasteiger partial charge in [0.15, 0.2) is 5.82 Å². The van der Waals surface area contributed by atoms with Gasteiger partial charge in [-0.05, 0) is 55.5 Å². The van der Waals surface area contributed by atoms with Crippen LogP contribution < -0.4 is 11.1 Å². The summed E-state index contributed by atoms with van der Waals surface area (Å²) in [5, 5.41) is 11.9. The minimum Gasteiger partial charge on any atom is -0.355 e. The van der Waals surface area contributed by atoms with Crippen LogP contribution in [0, 0.1) is 0 Å². The van der Waals surface area contributed by atoms with Crippen molar-refractivity contribution in [2.24, 2.45) is 5.73 Å². The van der Waals surface area contributed by atoms with Gasteiger partial charge in [0, 0.05) is 54.3 Å². The number of nitrogens with two attached hydrogens (primary N) is 1. The smallest absolute Gasteiger partial charge is 0.292 e. The number of nitrogens with one attached hydrogen (secondary N) is 1. The number of carbonyl (C=O) groups is 2. The van der Waals surface area contributed by atoms with E-state index in [-0.39, 0.29) is 48.1 Å². The van der Waals surface area contributed by atoms with E-state index in [9.17, 15) is 9.59 Å². The topological polar surface area (TPSA) is 106 Å². The number of hydrogen-bond donors (Lipinski definition) is 2. The molecule has 198 valence electrons. The van der Waals surface area contributed by atoms with E-state index in [1.54, 1.807) is 19.2 Å². The van der Waals surface area contributed by atoms with Crippen LogP contribution in [0.25, 0.3) is 11.4 Å². The minimum atomic E-state index is -0.170. The fraction of sp³-hybridized carbons (Fsp3) is 0.385. The number of halogens is 3. The summed E-state index contributed by atoms with van der Waals surface area (Å²) in [6.07, 6.45) is 3.57. The predicted molar refractivity (Wildman–Crippen MR) is 149 cm³/mol. The molecular weight excluding hydrogens is 535 g/mol. The number of carbonyl (C=O) groups excluding carboxylic acids is 2. The molecule has 1 saturated carbocycles. The van der Waals surface area contributed by atoms with Crippen LogP contribution >= 0.6 is 36.4 Å². The highest BCUT2D eigenvalue weighted by molar-refractivity contribution is 6.30. The molecule has 2 aromatic carbocycles. The van der Waals surface area contributed by atoms with Gasteiger partial charge in [-0.2, -0.15) is 0 Å². The van der Waals surface area contributed by atoms with Crippen LogP contribution in [-0.4, -0.2) is 57.7 Å². The van der Waals surface area contributed by atoms with E-state index in [4.69, 9.17) is 17.3 Å². The first-order valence-electron chi connectivity index (χ1n) is 12.0. The Balaban J connectivity index is 0.00000190. The molecule has 0 saturated heterocycles. The van der Waals surface area contributed by atoms with Crippen LogP contribution in [0.3, 0.4) is 0 Å². The molecule has 1 fully saturated rings. The Hall–Kier alpha value is -2.65. The van der Waals surface area contributed by atoms with E-state index in [1.165, 1.54) is 5.56 Å². The highest BCUT2D eigenvalue weighted by Gasteiger charge is 2.40. The Labute approximate surface area is 233 Å². The van der Waals surface area contributed by atoms with Gasteiger partial charge in [0.25, 0.3) is 11.8 Å². The number of amides is 2. The molecule has 1 aliphatic carbocycles. The van der Waals surface area contributed by atoms with Gasteiger partial charge in [0.1, 0.15) is 0 Å². The van der Waals surface area contributed by atoms with E-state index in [1.807, 2.05) is 39.8 Å². The zero-order chi connectivity index (χ0) is 24.6. The molecule has 3 N–H and O–H groups in total. The van der Waals surface area contributed by atoms with Crippen LogP contribution in [0.2, 0.25) is 5.02 Å². The maximum atomic E-state index is 13.4. The molecule has 2 aliphatic rings. The van der Waals surface area contributed by atoms with Crippen LogP contribution in [0.4, 0.5) is 0 Å². The number of fused-ring (bicyclic) bond motifs is 1. The van der Waals surface area contributed by atoms with Crippen molar-refractivity contribution in [3.8, 4) is 11.4 Å². The molecule has 11 heteroatoms. The maximum Gasteiger partial charge on any atom is 0.292 e. The summed E-state index contributed by atoms with van der Waals surface area (Å²) in [6, 6.07) is 15.3. The molecule has 0 spiro atoms. The van der Waals surface area contributed by atoms with E-state index in [2.05, 4.69) is 21.6 Å². The molecule has 0 radical (unpaired) electrons. The average molecular weight is 566 g/mol. The standard InChI is InChI=1S/C26H29ClN6O2.2ClH/c1-29-24(34)18-5-2-4-17(14-18)22-30-31-23-25(35)32(12-13-33(22)23)21-8-10-26(16-28,11-9-21)19-6-3-7-20(27)15-19;;/h2-7,14-15,21H,8-13,16,28H2,1H3,(H,29,34);2*1H. The molecule has 3 aromatic rings. The van der Waals surface area contributed by atoms with E-state index in [0.717, 1.165) is 36.3 Å². The summed E-state index contributed by atoms with van der Waals surface area (Å²) in [5.41, 5.74) is 8.63. The maximum absolute atomic E-state index is 13.4. The molecule has 2 amide bonds. The lowest BCUT2D eigenvalue weighted by molar-refractivity contribution is 0.0523. The molecule has 1 aliphatic heterocycles. The summed E-state index contributed by atoms with van der Waals surface area (Å²) in [5.74, 6) is 0.689. The second-order valence-electron chi connectivity index (χ2n) is 9.38. The Kier molecular flexibility index (Phi) is 9.23. The minimum absolute atomic E-state index is 0. The number of benzene rings is 2. The number of rotatable bonds is 5. The van der Waals surface area contributed by atoms with Crippen LogP contribution in [-0.2, 0) is 12.0 Å². The molecule has 0 atom stereocenters. The van der Waals surface area contributed by atoms with Gasteiger partial charge in [0.2, 0.25) is 5.82 Å². The third-order valence-corrected chi connectivity index (χ3v) is 7.79. The van der Waals surface area contributed by atoms with E-state index >= 15 is 0 Å². The van der Waals surface area contributed by atoms with E-state index in [0.29, 0.717) is 36.8 Å². The first-order chi connectivity index (χ1) is 17.0. The van der Waals surface area contributed by atoms with E-state index < -0.39 is 0 Å². The third-order valence-electron chi connectivity index (χ3n) is 7.56. The fourth-order valence-electron chi connectivity index (χ4n) is 5.51. The first kappa shape index (κ1) is 28.9. The number of nitrogens with zero attached hydrogens (tertiary/aromatic N) is 4. The molecule has 37 heavy (non-hydrogen) atoms. The molecule has 0 unspecified atom stereocenters. The van der Waals surface area contributed by atoms with Gasteiger partial charge < -0.3 is 20.5 Å². The van der Waals surface area contributed by atoms with Crippen molar-refractivity contribution in [2.75, 3.05) is 20.1 Å². The van der Waals surface area contributed by atoms with Crippen molar-refractivity contribution >= 4 is 48.2 Å². The summed E-state index contributed by atoms with van der Waals surface area (Å²) in [7, 11) is 1.60. The monoisotopic (exact) mass is 564 g/mol. The summed E-state index contributed by atoms with van der Waals surface area (Å²) < 4.78 is 1.86. The summed E-state index contributed by atoms with van der Waals surface area (Å²) >= 11 is 6.25. The summed E-state index contributed by atoms with van der Waals surface area (Å²) in [4.78, 5) is 27.4. The van der Waals surface area contributed by atoms with Crippen LogP contribution in [0.1, 0.15) is 52.2 Å². The molecule has 0 bridgehead atoms. The van der Waals surface area contributed by atoms with Gasteiger partial charge >= 0.3 is 0 Å². The number of hydrogen-bond acceptors (Lipinski definition) is 5. The van der Waals surface area contributed by atoms with Gasteiger partial charge in [-0.25, -0.2) is 0 Å². The van der Waals surface area contributed by atoms with Gasteiger partial charge in [0.05, 0.1) is 0 Å². The first-order valence-corrected chi connectivity index (χ1v) is 12.4. The largest absolute Gasteiger partial charge is 0.355 e. The van der Waals surface area contributed by atoms with Crippen molar-refractivity contribution in [1.29, 1.82) is 0 Å². The van der Waals surface area contributed by atoms with Crippen molar-refractivity contribution in [3.05, 3.63) is 70.5 Å². The van der Waals surface area contributed by atoms with Crippen LogP contribution in [0.5, 0.6) is 0 Å². The second kappa shape index (κ2) is 11.8. The Morgan fingerprint density at radius 3 is 2.46 bits per heavy atom. The fourth-order valence-corrected chi connectivity index (χ4v) is 5.70. The number of aromatic nitrogens is 3. The Bertz CT molecular complexity index is 1270. The lowest BCUT2D eigenvalue weighted by Crippen LogP contribution is -2.50. The van der Waals surface area contributed by atoms with Crippen molar-refractivity contribution in [1.82, 2.24) is 25.0 Å². The van der Waals surface area contributed by atoms with Gasteiger partial charge in [-0.3, -0.25) is 9.59 Å². The SMILES string of the molecule is CNC(=O)c1cccc(-c2nnc3n2CCN(C2CCC(CN)(c4cccc(Cl)c4)CC2)C3=O)c1.Cl.Cl. The lowest BCUT2D eigenvalue weighted by Gasteiger charge is -2.44. The molecule has 2 heterocycles. The zero-order valence-electron chi connectivity index (χ0n) is 20.5. The van der Waals surface area contributed by atoms with Gasteiger partial charge in [-0.1, -0.05) is 35.9 Å². The van der Waals surface area contributed by atoms with Gasteiger partial charge in [-0.15, -0.1) is 35.0 Å². The Morgan fingerprint density at radius 2 is 1.78 bits per heavy atom. The second-order valence-corrected chi connectivity index (χ2v) is 9.82. The van der Waals surface area contributed by atoms with Crippen molar-refractivity contribution in [3.63, 3.8) is 0 Å². The molecule has 8 nitrogen and oxygen atoms in total. The Morgan fingerprint density at radius 1 is 1.08 bits per heavy atom. The summed E-state index contributed by atoms with van der Waals surface area (Å²) in [6.45, 7) is 1.77. The average Bonchev–Trinajstić information content (AvgIpc) is 3.34.